The zero-order valence-corrected chi connectivity index (χ0v) is 23.8. The summed E-state index contributed by atoms with van der Waals surface area (Å²) in [7, 11) is 3.98. The Morgan fingerprint density at radius 3 is 2.38 bits per heavy atom. The molecule has 0 bridgehead atoms. The van der Waals surface area contributed by atoms with Gasteiger partial charge in [0.2, 0.25) is 0 Å². The summed E-state index contributed by atoms with van der Waals surface area (Å²) in [5.41, 5.74) is 5.62. The number of hydrogen-bond donors (Lipinski definition) is 0. The summed E-state index contributed by atoms with van der Waals surface area (Å²) in [5.74, 6) is 0.413. The molecule has 5 nitrogen and oxygen atoms in total. The van der Waals surface area contributed by atoms with E-state index in [1.807, 2.05) is 76.0 Å². The fraction of sp³-hybridized carbons (Fsp3) is 0.423. The molecule has 1 unspecified atom stereocenters. The number of aromatic nitrogens is 2. The van der Waals surface area contributed by atoms with Crippen molar-refractivity contribution in [3.63, 3.8) is 0 Å². The molecule has 34 heavy (non-hydrogen) atoms. The van der Waals surface area contributed by atoms with Crippen molar-refractivity contribution >= 4 is 46.6 Å². The molecule has 0 N–H and O–H groups in total. The molecule has 186 valence electrons. The molecule has 1 aromatic heterocycles. The maximum Gasteiger partial charge on any atom is 0.137 e. The molecule has 1 aliphatic heterocycles. The van der Waals surface area contributed by atoms with Crippen molar-refractivity contribution in [2.24, 2.45) is 22.5 Å². The molecule has 2 aliphatic rings. The molecule has 0 fully saturated rings. The molecular formula is C26H38ClN5S2. The molecule has 0 radical (unpaired) electrons. The van der Waals surface area contributed by atoms with Gasteiger partial charge in [-0.3, -0.25) is 5.01 Å². The molecular weight excluding hydrogens is 482 g/mol. The monoisotopic (exact) mass is 519 g/mol. The molecule has 8 heteroatoms. The number of halogens is 1. The van der Waals surface area contributed by atoms with Crippen molar-refractivity contribution in [1.82, 2.24) is 14.6 Å². The summed E-state index contributed by atoms with van der Waals surface area (Å²) < 4.78 is 5.95. The second kappa shape index (κ2) is 17.5. The lowest BCUT2D eigenvalue weighted by molar-refractivity contribution is 0.370. The summed E-state index contributed by atoms with van der Waals surface area (Å²) in [6, 6.07) is 7.99. The van der Waals surface area contributed by atoms with E-state index in [1.54, 1.807) is 23.6 Å². The van der Waals surface area contributed by atoms with Crippen LogP contribution in [-0.4, -0.2) is 45.7 Å². The van der Waals surface area contributed by atoms with Crippen molar-refractivity contribution in [2.75, 3.05) is 19.8 Å². The third kappa shape index (κ3) is 10.1. The maximum absolute atomic E-state index is 5.96. The molecule has 2 aromatic rings. The summed E-state index contributed by atoms with van der Waals surface area (Å²) >= 11 is 8.92. The van der Waals surface area contributed by atoms with Crippen LogP contribution in [0.5, 0.6) is 0 Å². The first-order chi connectivity index (χ1) is 16.6. The van der Waals surface area contributed by atoms with Gasteiger partial charge in [-0.05, 0) is 36.8 Å². The predicted octanol–water partition coefficient (Wildman–Crippen LogP) is 7.75. The second-order valence-electron chi connectivity index (χ2n) is 7.01. The second-order valence-corrected chi connectivity index (χ2v) is 8.94. The number of benzene rings is 1. The standard InChI is InChI=1S/C16H17ClN2.C6H9N3S2.2C2H6/c1-19-11-15(12-5-3-2-4-6-12)16(18-19)13-7-9-14(17)10-8-13;1-9-3-6(7-4-9)11-8-5-10-2;2*1-2/h2-3,5,7-10,15H,4,6,11H2,1H3;3-5H,1-2H3;2*1-2H3. The number of hydrogen-bond acceptors (Lipinski definition) is 6. The summed E-state index contributed by atoms with van der Waals surface area (Å²) in [4.78, 5) is 4.09. The van der Waals surface area contributed by atoms with E-state index in [0.29, 0.717) is 5.92 Å². The van der Waals surface area contributed by atoms with Gasteiger partial charge in [-0.25, -0.2) is 9.38 Å². The Morgan fingerprint density at radius 1 is 1.12 bits per heavy atom. The van der Waals surface area contributed by atoms with Gasteiger partial charge >= 0.3 is 0 Å². The van der Waals surface area contributed by atoms with E-state index >= 15 is 0 Å². The number of rotatable bonds is 5. The molecule has 1 aromatic carbocycles. The molecule has 0 saturated heterocycles. The van der Waals surface area contributed by atoms with Gasteiger partial charge < -0.3 is 4.57 Å². The largest absolute Gasteiger partial charge is 0.339 e. The SMILES string of the molecule is CC.CC.CN1CC(C2=CC=CCC2)C(c2ccc(Cl)cc2)=N1.CSC=NSc1cn(C)cn1. The quantitative estimate of drug-likeness (QED) is 0.230. The Balaban J connectivity index is 0.000000330. The maximum atomic E-state index is 5.96. The van der Waals surface area contributed by atoms with Crippen LogP contribution in [0, 0.1) is 5.92 Å². The fourth-order valence-electron chi connectivity index (χ4n) is 3.28. The van der Waals surface area contributed by atoms with Crippen LogP contribution < -0.4 is 0 Å². The Bertz CT molecular complexity index is 948. The smallest absolute Gasteiger partial charge is 0.137 e. The van der Waals surface area contributed by atoms with Crippen LogP contribution in [0.15, 0.2) is 75.1 Å². The van der Waals surface area contributed by atoms with E-state index < -0.39 is 0 Å². The summed E-state index contributed by atoms with van der Waals surface area (Å²) in [6.45, 7) is 8.97. The minimum Gasteiger partial charge on any atom is -0.339 e. The van der Waals surface area contributed by atoms with Crippen LogP contribution >= 0.6 is 35.3 Å². The van der Waals surface area contributed by atoms with E-state index in [9.17, 15) is 0 Å². The van der Waals surface area contributed by atoms with Gasteiger partial charge in [-0.2, -0.15) is 5.10 Å². The summed E-state index contributed by atoms with van der Waals surface area (Å²) in [5, 5.41) is 8.42. The highest BCUT2D eigenvalue weighted by molar-refractivity contribution is 8.12. The molecule has 0 saturated carbocycles. The number of aryl methyl sites for hydroxylation is 1. The first-order valence-electron chi connectivity index (χ1n) is 11.7. The first-order valence-corrected chi connectivity index (χ1v) is 14.1. The molecule has 0 spiro atoms. The molecule has 0 amide bonds. The Labute approximate surface area is 219 Å². The number of imidazole rings is 1. The van der Waals surface area contributed by atoms with Crippen LogP contribution in [0.25, 0.3) is 0 Å². The van der Waals surface area contributed by atoms with Crippen molar-refractivity contribution in [2.45, 2.75) is 45.6 Å². The van der Waals surface area contributed by atoms with E-state index in [1.165, 1.54) is 28.8 Å². The Hall–Kier alpha value is -1.96. The van der Waals surface area contributed by atoms with Crippen LogP contribution in [0.3, 0.4) is 0 Å². The molecule has 4 rings (SSSR count). The van der Waals surface area contributed by atoms with Gasteiger partial charge in [0.1, 0.15) is 5.03 Å². The van der Waals surface area contributed by atoms with Gasteiger partial charge in [0.25, 0.3) is 0 Å². The van der Waals surface area contributed by atoms with Crippen LogP contribution in [0.4, 0.5) is 0 Å². The normalized spacial score (nSPS) is 16.5. The predicted molar refractivity (Wildman–Crippen MR) is 154 cm³/mol. The number of thioether (sulfide) groups is 1. The average molecular weight is 520 g/mol. The van der Waals surface area contributed by atoms with E-state index in [4.69, 9.17) is 11.6 Å². The number of hydrazone groups is 1. The highest BCUT2D eigenvalue weighted by Gasteiger charge is 2.28. The van der Waals surface area contributed by atoms with Crippen LogP contribution in [0.1, 0.15) is 46.1 Å². The van der Waals surface area contributed by atoms with Crippen molar-refractivity contribution in [1.29, 1.82) is 0 Å². The third-order valence-corrected chi connectivity index (χ3v) is 5.98. The lowest BCUT2D eigenvalue weighted by Gasteiger charge is -2.18. The zero-order chi connectivity index (χ0) is 25.3. The van der Waals surface area contributed by atoms with E-state index in [2.05, 4.69) is 44.8 Å². The van der Waals surface area contributed by atoms with Gasteiger partial charge in [0.15, 0.2) is 0 Å². The van der Waals surface area contributed by atoms with Crippen molar-refractivity contribution in [3.8, 4) is 0 Å². The van der Waals surface area contributed by atoms with Crippen LogP contribution in [0.2, 0.25) is 5.02 Å². The Kier molecular flexibility index (Phi) is 15.5. The van der Waals surface area contributed by atoms with Gasteiger partial charge in [-0.15, -0.1) is 11.8 Å². The number of allylic oxidation sites excluding steroid dienone is 3. The van der Waals surface area contributed by atoms with Gasteiger partial charge in [0.05, 0.1) is 17.6 Å². The van der Waals surface area contributed by atoms with Gasteiger partial charge in [-0.1, -0.05) is 75.2 Å². The lowest BCUT2D eigenvalue weighted by atomic mass is 9.86. The summed E-state index contributed by atoms with van der Waals surface area (Å²) in [6.07, 6.45) is 14.6. The average Bonchev–Trinajstić information content (AvgIpc) is 3.48. The molecule has 2 heterocycles. The highest BCUT2D eigenvalue weighted by Crippen LogP contribution is 2.29. The minimum absolute atomic E-state index is 0.413. The van der Waals surface area contributed by atoms with Crippen molar-refractivity contribution < 1.29 is 0 Å². The van der Waals surface area contributed by atoms with Crippen molar-refractivity contribution in [3.05, 3.63) is 71.2 Å². The van der Waals surface area contributed by atoms with E-state index in [0.717, 1.165) is 29.4 Å². The minimum atomic E-state index is 0.413. The third-order valence-electron chi connectivity index (χ3n) is 4.66. The Morgan fingerprint density at radius 2 is 1.82 bits per heavy atom. The van der Waals surface area contributed by atoms with Gasteiger partial charge in [0, 0.05) is 49.7 Å². The topological polar surface area (TPSA) is 45.8 Å². The lowest BCUT2D eigenvalue weighted by Crippen LogP contribution is -2.20. The fourth-order valence-corrected chi connectivity index (χ4v) is 4.34. The molecule has 1 aliphatic carbocycles. The van der Waals surface area contributed by atoms with Crippen LogP contribution in [-0.2, 0) is 7.05 Å². The van der Waals surface area contributed by atoms with E-state index in [-0.39, 0.29) is 0 Å². The first kappa shape index (κ1) is 30.1. The highest BCUT2D eigenvalue weighted by atomic mass is 35.5. The zero-order valence-electron chi connectivity index (χ0n) is 21.4. The number of nitrogens with zero attached hydrogens (tertiary/aromatic N) is 5. The molecule has 1 atom stereocenters.